The molecule has 0 aromatic rings. The average molecular weight is 209 g/mol. The molecule has 2 atom stereocenters. The monoisotopic (exact) mass is 209 g/mol. The minimum atomic E-state index is -4.42. The number of hydrogen-bond acceptors (Lipinski definition) is 2. The van der Waals surface area contributed by atoms with Crippen LogP contribution in [0, 0.1) is 5.92 Å². The van der Waals surface area contributed by atoms with Gasteiger partial charge in [0.2, 0.25) is 0 Å². The van der Waals surface area contributed by atoms with Crippen LogP contribution in [-0.2, 0) is 4.79 Å². The summed E-state index contributed by atoms with van der Waals surface area (Å²) in [5.41, 5.74) is 5.36. The van der Waals surface area contributed by atoms with Crippen LogP contribution in [-0.4, -0.2) is 23.3 Å². The summed E-state index contributed by atoms with van der Waals surface area (Å²) >= 11 is 0. The Hall–Kier alpha value is -1.04. The quantitative estimate of drug-likeness (QED) is 0.640. The summed E-state index contributed by atoms with van der Waals surface area (Å²) in [6, 6.07) is -0.780. The molecule has 1 aliphatic rings. The molecule has 0 aromatic heterocycles. The van der Waals surface area contributed by atoms with Crippen molar-refractivity contribution in [3.05, 3.63) is 11.6 Å². The molecule has 14 heavy (non-hydrogen) atoms. The zero-order valence-corrected chi connectivity index (χ0v) is 7.21. The van der Waals surface area contributed by atoms with Crippen LogP contribution in [0.3, 0.4) is 0 Å². The van der Waals surface area contributed by atoms with Crippen molar-refractivity contribution in [3.8, 4) is 0 Å². The van der Waals surface area contributed by atoms with Crippen molar-refractivity contribution in [3.63, 3.8) is 0 Å². The third-order valence-electron chi connectivity index (χ3n) is 2.20. The maximum absolute atomic E-state index is 11.9. The van der Waals surface area contributed by atoms with Gasteiger partial charge in [0.25, 0.3) is 0 Å². The van der Waals surface area contributed by atoms with Crippen molar-refractivity contribution in [1.29, 1.82) is 0 Å². The molecule has 2 unspecified atom stereocenters. The van der Waals surface area contributed by atoms with E-state index in [1.807, 2.05) is 0 Å². The third kappa shape index (κ3) is 2.73. The van der Waals surface area contributed by atoms with Crippen molar-refractivity contribution < 1.29 is 23.1 Å². The zero-order chi connectivity index (χ0) is 10.9. The Bertz CT molecular complexity index is 272. The fraction of sp³-hybridized carbons (Fsp3) is 0.625. The molecule has 1 aliphatic carbocycles. The van der Waals surface area contributed by atoms with Crippen molar-refractivity contribution in [2.24, 2.45) is 11.7 Å². The Morgan fingerprint density at radius 1 is 1.57 bits per heavy atom. The topological polar surface area (TPSA) is 63.3 Å². The first-order chi connectivity index (χ1) is 6.29. The maximum atomic E-state index is 11.9. The van der Waals surface area contributed by atoms with Gasteiger partial charge in [-0.2, -0.15) is 13.2 Å². The molecule has 0 bridgehead atoms. The second-order valence-corrected chi connectivity index (χ2v) is 3.34. The van der Waals surface area contributed by atoms with Crippen LogP contribution >= 0.6 is 0 Å². The second-order valence-electron chi connectivity index (χ2n) is 3.34. The van der Waals surface area contributed by atoms with E-state index in [1.54, 1.807) is 0 Å². The first-order valence-electron chi connectivity index (χ1n) is 4.06. The largest absolute Gasteiger partial charge is 0.481 e. The standard InChI is InChI=1S/C8H10F3NO2/c9-8(10,11)3-5-1-4(7(13)14)2-6(5)12/h3-4,6H,1-2,12H2,(H,13,14)/b5-3+. The first-order valence-corrected chi connectivity index (χ1v) is 4.06. The Labute approximate surface area is 78.4 Å². The fourth-order valence-electron chi connectivity index (χ4n) is 1.54. The molecule has 1 rings (SSSR count). The van der Waals surface area contributed by atoms with Crippen LogP contribution in [0.15, 0.2) is 11.6 Å². The number of hydrogen-bond donors (Lipinski definition) is 2. The molecular weight excluding hydrogens is 199 g/mol. The zero-order valence-electron chi connectivity index (χ0n) is 7.21. The first kappa shape index (κ1) is 11.0. The predicted octanol–water partition coefficient (Wildman–Crippen LogP) is 1.30. The van der Waals surface area contributed by atoms with Crippen molar-refractivity contribution >= 4 is 5.97 Å². The lowest BCUT2D eigenvalue weighted by atomic mass is 10.1. The van der Waals surface area contributed by atoms with Gasteiger partial charge < -0.3 is 10.8 Å². The SMILES string of the molecule is NC1CC(C(=O)O)C/C1=C\C(F)(F)F. The van der Waals surface area contributed by atoms with Crippen LogP contribution in [0.1, 0.15) is 12.8 Å². The Morgan fingerprint density at radius 3 is 2.50 bits per heavy atom. The summed E-state index contributed by atoms with van der Waals surface area (Å²) in [4.78, 5) is 10.5. The van der Waals surface area contributed by atoms with Crippen molar-refractivity contribution in [2.45, 2.75) is 25.1 Å². The highest BCUT2D eigenvalue weighted by Gasteiger charge is 2.35. The number of allylic oxidation sites excluding steroid dienone is 1. The van der Waals surface area contributed by atoms with Crippen LogP contribution in [0.2, 0.25) is 0 Å². The molecule has 0 heterocycles. The van der Waals surface area contributed by atoms with Gasteiger partial charge in [-0.05, 0) is 18.4 Å². The summed E-state index contributed by atoms with van der Waals surface area (Å²) in [6.45, 7) is 0. The molecule has 0 spiro atoms. The molecule has 0 amide bonds. The summed E-state index contributed by atoms with van der Waals surface area (Å²) in [6.07, 6.45) is -4.33. The molecular formula is C8H10F3NO2. The van der Waals surface area contributed by atoms with Gasteiger partial charge in [0.15, 0.2) is 0 Å². The van der Waals surface area contributed by atoms with Gasteiger partial charge >= 0.3 is 12.1 Å². The van der Waals surface area contributed by atoms with Crippen LogP contribution < -0.4 is 5.73 Å². The molecule has 0 saturated heterocycles. The number of nitrogens with two attached hydrogens (primary N) is 1. The Kier molecular flexibility index (Phi) is 2.84. The van der Waals surface area contributed by atoms with Gasteiger partial charge in [-0.1, -0.05) is 0 Å². The normalized spacial score (nSPS) is 31.0. The maximum Gasteiger partial charge on any atom is 0.409 e. The lowest BCUT2D eigenvalue weighted by molar-refractivity contribution is -0.141. The minimum Gasteiger partial charge on any atom is -0.481 e. The Morgan fingerprint density at radius 2 is 2.14 bits per heavy atom. The van der Waals surface area contributed by atoms with Gasteiger partial charge in [-0.25, -0.2) is 0 Å². The molecule has 0 radical (unpaired) electrons. The molecule has 1 fully saturated rings. The van der Waals surface area contributed by atoms with Gasteiger partial charge in [0.05, 0.1) is 5.92 Å². The van der Waals surface area contributed by atoms with Crippen molar-refractivity contribution in [1.82, 2.24) is 0 Å². The number of carbonyl (C=O) groups is 1. The fourth-order valence-corrected chi connectivity index (χ4v) is 1.54. The number of rotatable bonds is 1. The summed E-state index contributed by atoms with van der Waals surface area (Å²) in [5, 5.41) is 8.58. The molecule has 0 aliphatic heterocycles. The van der Waals surface area contributed by atoms with Gasteiger partial charge in [-0.3, -0.25) is 4.79 Å². The lowest BCUT2D eigenvalue weighted by Gasteiger charge is -2.06. The minimum absolute atomic E-state index is 0.0232. The van der Waals surface area contributed by atoms with Gasteiger partial charge in [-0.15, -0.1) is 0 Å². The lowest BCUT2D eigenvalue weighted by Crippen LogP contribution is -2.20. The van der Waals surface area contributed by atoms with E-state index in [4.69, 9.17) is 10.8 Å². The van der Waals surface area contributed by atoms with Crippen LogP contribution in [0.4, 0.5) is 13.2 Å². The summed E-state index contributed by atoms with van der Waals surface area (Å²) in [7, 11) is 0. The molecule has 80 valence electrons. The van der Waals surface area contributed by atoms with E-state index < -0.39 is 24.1 Å². The number of aliphatic carboxylic acids is 1. The molecule has 6 heteroatoms. The smallest absolute Gasteiger partial charge is 0.409 e. The molecule has 1 saturated carbocycles. The van der Waals surface area contributed by atoms with E-state index in [0.29, 0.717) is 0 Å². The number of carboxylic acid groups (broad SMARTS) is 1. The molecule has 3 N–H and O–H groups in total. The summed E-state index contributed by atoms with van der Waals surface area (Å²) < 4.78 is 35.8. The highest BCUT2D eigenvalue weighted by Crippen LogP contribution is 2.32. The van der Waals surface area contributed by atoms with Gasteiger partial charge in [0, 0.05) is 12.1 Å². The predicted molar refractivity (Wildman–Crippen MR) is 42.5 cm³/mol. The van der Waals surface area contributed by atoms with Crippen molar-refractivity contribution in [2.75, 3.05) is 0 Å². The van der Waals surface area contributed by atoms with E-state index in [0.717, 1.165) is 0 Å². The second kappa shape index (κ2) is 3.61. The summed E-state index contributed by atoms with van der Waals surface area (Å²) in [5.74, 6) is -1.87. The van der Waals surface area contributed by atoms with E-state index >= 15 is 0 Å². The van der Waals surface area contributed by atoms with Gasteiger partial charge in [0.1, 0.15) is 0 Å². The van der Waals surface area contributed by atoms with Crippen LogP contribution in [0.25, 0.3) is 0 Å². The highest BCUT2D eigenvalue weighted by molar-refractivity contribution is 5.71. The molecule has 3 nitrogen and oxygen atoms in total. The van der Waals surface area contributed by atoms with E-state index in [2.05, 4.69) is 0 Å². The number of carboxylic acids is 1. The van der Waals surface area contributed by atoms with Crippen LogP contribution in [0.5, 0.6) is 0 Å². The van der Waals surface area contributed by atoms with E-state index in [9.17, 15) is 18.0 Å². The number of alkyl halides is 3. The average Bonchev–Trinajstić information content (AvgIpc) is 2.29. The highest BCUT2D eigenvalue weighted by atomic mass is 19.4. The third-order valence-corrected chi connectivity index (χ3v) is 2.20. The number of halogens is 3. The van der Waals surface area contributed by atoms with E-state index in [-0.39, 0.29) is 24.5 Å². The van der Waals surface area contributed by atoms with E-state index in [1.165, 1.54) is 0 Å². The molecule has 0 aromatic carbocycles. The Balaban J connectivity index is 2.75.